The van der Waals surface area contributed by atoms with Gasteiger partial charge in [-0.05, 0) is 54.0 Å². The molecular weight excluding hydrogens is 321 g/mol. The topological polar surface area (TPSA) is 29.9 Å². The first-order chi connectivity index (χ1) is 9.52. The van der Waals surface area contributed by atoms with E-state index in [1.807, 2.05) is 37.8 Å². The Morgan fingerprint density at radius 3 is 2.50 bits per heavy atom. The van der Waals surface area contributed by atoms with Crippen LogP contribution in [0.15, 0.2) is 28.7 Å². The molecule has 0 bridgehead atoms. The third-order valence-corrected chi connectivity index (χ3v) is 4.52. The summed E-state index contributed by atoms with van der Waals surface area (Å²) in [5.41, 5.74) is 3.28. The second-order valence-corrected chi connectivity index (χ2v) is 5.77. The van der Waals surface area contributed by atoms with E-state index in [1.54, 1.807) is 0 Å². The molecule has 1 atom stereocenters. The van der Waals surface area contributed by atoms with Crippen molar-refractivity contribution in [3.63, 3.8) is 0 Å². The van der Waals surface area contributed by atoms with Gasteiger partial charge >= 0.3 is 0 Å². The third kappa shape index (κ3) is 3.27. The van der Waals surface area contributed by atoms with Crippen LogP contribution in [0.4, 0.5) is 4.39 Å². The Morgan fingerprint density at radius 1 is 1.35 bits per heavy atom. The Bertz CT molecular complexity index is 578. The maximum absolute atomic E-state index is 13.1. The molecule has 0 fully saturated rings. The fraction of sp³-hybridized carbons (Fsp3) is 0.400. The standard InChI is InChI=1S/C15H19BrFN3/c1-10-15(16)14(20(3)19-10)8-12(9-18-2)11-4-6-13(17)7-5-11/h4-7,12,18H,8-9H2,1-3H3. The zero-order chi connectivity index (χ0) is 14.7. The number of hydrogen-bond donors (Lipinski definition) is 1. The number of aryl methyl sites for hydroxylation is 2. The van der Waals surface area contributed by atoms with E-state index in [2.05, 4.69) is 26.3 Å². The van der Waals surface area contributed by atoms with Gasteiger partial charge in [-0.3, -0.25) is 4.68 Å². The molecule has 0 saturated heterocycles. The molecule has 1 aromatic heterocycles. The summed E-state index contributed by atoms with van der Waals surface area (Å²) in [4.78, 5) is 0. The second kappa shape index (κ2) is 6.50. The molecule has 2 aromatic rings. The lowest BCUT2D eigenvalue weighted by Crippen LogP contribution is -2.20. The highest BCUT2D eigenvalue weighted by Gasteiger charge is 2.18. The van der Waals surface area contributed by atoms with E-state index >= 15 is 0 Å². The van der Waals surface area contributed by atoms with Crippen LogP contribution >= 0.6 is 15.9 Å². The summed E-state index contributed by atoms with van der Waals surface area (Å²) in [6.07, 6.45) is 0.852. The van der Waals surface area contributed by atoms with Gasteiger partial charge in [-0.1, -0.05) is 12.1 Å². The molecule has 0 saturated carbocycles. The average molecular weight is 340 g/mol. The average Bonchev–Trinajstić information content (AvgIpc) is 2.65. The predicted molar refractivity (Wildman–Crippen MR) is 82.4 cm³/mol. The van der Waals surface area contributed by atoms with E-state index in [4.69, 9.17) is 0 Å². The highest BCUT2D eigenvalue weighted by Crippen LogP contribution is 2.27. The molecule has 0 aliphatic heterocycles. The Morgan fingerprint density at radius 2 is 2.00 bits per heavy atom. The van der Waals surface area contributed by atoms with Crippen LogP contribution in [-0.2, 0) is 13.5 Å². The minimum atomic E-state index is -0.200. The van der Waals surface area contributed by atoms with Crippen molar-refractivity contribution in [3.8, 4) is 0 Å². The third-order valence-electron chi connectivity index (χ3n) is 3.49. The van der Waals surface area contributed by atoms with E-state index in [0.717, 1.165) is 34.4 Å². The van der Waals surface area contributed by atoms with E-state index in [0.29, 0.717) is 0 Å². The minimum Gasteiger partial charge on any atom is -0.319 e. The van der Waals surface area contributed by atoms with Crippen molar-refractivity contribution in [2.45, 2.75) is 19.3 Å². The van der Waals surface area contributed by atoms with Crippen molar-refractivity contribution in [3.05, 3.63) is 51.5 Å². The van der Waals surface area contributed by atoms with Crippen LogP contribution in [0.5, 0.6) is 0 Å². The van der Waals surface area contributed by atoms with Crippen molar-refractivity contribution < 1.29 is 4.39 Å². The molecule has 1 unspecified atom stereocenters. The molecule has 0 amide bonds. The number of rotatable bonds is 5. The van der Waals surface area contributed by atoms with Gasteiger partial charge in [0.15, 0.2) is 0 Å². The van der Waals surface area contributed by atoms with Gasteiger partial charge in [0.1, 0.15) is 5.82 Å². The normalized spacial score (nSPS) is 12.7. The molecule has 5 heteroatoms. The summed E-state index contributed by atoms with van der Waals surface area (Å²) in [5, 5.41) is 7.63. The first-order valence-corrected chi connectivity index (χ1v) is 7.40. The van der Waals surface area contributed by atoms with Crippen molar-refractivity contribution >= 4 is 15.9 Å². The molecule has 1 heterocycles. The van der Waals surface area contributed by atoms with Gasteiger partial charge in [0.25, 0.3) is 0 Å². The van der Waals surface area contributed by atoms with Gasteiger partial charge in [0.05, 0.1) is 15.9 Å². The fourth-order valence-electron chi connectivity index (χ4n) is 2.42. The van der Waals surface area contributed by atoms with Crippen LogP contribution < -0.4 is 5.32 Å². The molecule has 0 aliphatic rings. The Labute approximate surface area is 127 Å². The molecular formula is C15H19BrFN3. The number of likely N-dealkylation sites (N-methyl/N-ethyl adjacent to an activating group) is 1. The number of benzene rings is 1. The summed E-state index contributed by atoms with van der Waals surface area (Å²) in [6, 6.07) is 6.74. The summed E-state index contributed by atoms with van der Waals surface area (Å²) >= 11 is 3.60. The molecule has 0 aliphatic carbocycles. The lowest BCUT2D eigenvalue weighted by Gasteiger charge is -2.17. The number of hydrogen-bond acceptors (Lipinski definition) is 2. The van der Waals surface area contributed by atoms with Crippen LogP contribution in [0.25, 0.3) is 0 Å². The van der Waals surface area contributed by atoms with Gasteiger partial charge in [-0.15, -0.1) is 0 Å². The van der Waals surface area contributed by atoms with Gasteiger partial charge in [-0.2, -0.15) is 5.10 Å². The van der Waals surface area contributed by atoms with Crippen molar-refractivity contribution in [2.24, 2.45) is 7.05 Å². The van der Waals surface area contributed by atoms with Crippen molar-refractivity contribution in [1.82, 2.24) is 15.1 Å². The summed E-state index contributed by atoms with van der Waals surface area (Å²) in [5.74, 6) is 0.0845. The first-order valence-electron chi connectivity index (χ1n) is 6.61. The fourth-order valence-corrected chi connectivity index (χ4v) is 2.92. The minimum absolute atomic E-state index is 0.200. The molecule has 1 N–H and O–H groups in total. The Hall–Kier alpha value is -1.20. The van der Waals surface area contributed by atoms with Gasteiger partial charge in [-0.25, -0.2) is 4.39 Å². The maximum Gasteiger partial charge on any atom is 0.123 e. The summed E-state index contributed by atoms with van der Waals surface area (Å²) in [7, 11) is 3.88. The van der Waals surface area contributed by atoms with Crippen molar-refractivity contribution in [2.75, 3.05) is 13.6 Å². The SMILES string of the molecule is CNCC(Cc1c(Br)c(C)nn1C)c1ccc(F)cc1. The molecule has 108 valence electrons. The van der Waals surface area contributed by atoms with Crippen LogP contribution in [0, 0.1) is 12.7 Å². The smallest absolute Gasteiger partial charge is 0.123 e. The molecule has 20 heavy (non-hydrogen) atoms. The lowest BCUT2D eigenvalue weighted by atomic mass is 9.94. The molecule has 3 nitrogen and oxygen atoms in total. The summed E-state index contributed by atoms with van der Waals surface area (Å²) < 4.78 is 16.0. The second-order valence-electron chi connectivity index (χ2n) is 4.98. The zero-order valence-electron chi connectivity index (χ0n) is 12.0. The van der Waals surface area contributed by atoms with Crippen molar-refractivity contribution in [1.29, 1.82) is 0 Å². The monoisotopic (exact) mass is 339 g/mol. The van der Waals surface area contributed by atoms with E-state index in [9.17, 15) is 4.39 Å². The lowest BCUT2D eigenvalue weighted by molar-refractivity contribution is 0.585. The zero-order valence-corrected chi connectivity index (χ0v) is 13.5. The molecule has 1 aromatic carbocycles. The molecule has 2 rings (SSSR count). The number of aromatic nitrogens is 2. The highest BCUT2D eigenvalue weighted by atomic mass is 79.9. The van der Waals surface area contributed by atoms with Gasteiger partial charge < -0.3 is 5.32 Å². The largest absolute Gasteiger partial charge is 0.319 e. The summed E-state index contributed by atoms with van der Waals surface area (Å²) in [6.45, 7) is 2.82. The Balaban J connectivity index is 2.27. The highest BCUT2D eigenvalue weighted by molar-refractivity contribution is 9.10. The van der Waals surface area contributed by atoms with Gasteiger partial charge in [0.2, 0.25) is 0 Å². The van der Waals surface area contributed by atoms with Crippen LogP contribution in [-0.4, -0.2) is 23.4 Å². The predicted octanol–water partition coefficient (Wildman–Crippen LogP) is 3.18. The number of nitrogens with zero attached hydrogens (tertiary/aromatic N) is 2. The van der Waals surface area contributed by atoms with Crippen LogP contribution in [0.2, 0.25) is 0 Å². The molecule has 0 spiro atoms. The first kappa shape index (κ1) is 15.2. The van der Waals surface area contributed by atoms with Crippen LogP contribution in [0.3, 0.4) is 0 Å². The van der Waals surface area contributed by atoms with E-state index in [1.165, 1.54) is 12.1 Å². The quantitative estimate of drug-likeness (QED) is 0.906. The van der Waals surface area contributed by atoms with E-state index in [-0.39, 0.29) is 11.7 Å². The van der Waals surface area contributed by atoms with E-state index < -0.39 is 0 Å². The van der Waals surface area contributed by atoms with Gasteiger partial charge in [0, 0.05) is 19.5 Å². The maximum atomic E-state index is 13.1. The number of halogens is 2. The molecule has 0 radical (unpaired) electrons. The van der Waals surface area contributed by atoms with Crippen LogP contribution in [0.1, 0.15) is 22.9 Å². The number of nitrogens with one attached hydrogen (secondary N) is 1. The Kier molecular flexibility index (Phi) is 4.94.